The molecule has 2 aromatic carbocycles. The number of anilines is 1. The Balaban J connectivity index is 1.49. The number of hydrogen-bond donors (Lipinski definition) is 1. The molecule has 2 aliphatic rings. The van der Waals surface area contributed by atoms with E-state index >= 15 is 0 Å². The van der Waals surface area contributed by atoms with Crippen molar-refractivity contribution in [2.75, 3.05) is 50.1 Å². The molecule has 1 saturated heterocycles. The summed E-state index contributed by atoms with van der Waals surface area (Å²) in [5.41, 5.74) is 1.27. The first kappa shape index (κ1) is 22.4. The minimum atomic E-state index is -3.69. The van der Waals surface area contributed by atoms with Crippen molar-refractivity contribution in [1.29, 1.82) is 0 Å². The van der Waals surface area contributed by atoms with Crippen molar-refractivity contribution in [1.82, 2.24) is 5.32 Å². The fraction of sp³-hybridized carbons (Fsp3) is 0.435. The zero-order valence-electron chi connectivity index (χ0n) is 18.1. The third kappa shape index (κ3) is 4.99. The van der Waals surface area contributed by atoms with Gasteiger partial charge in [-0.15, -0.1) is 0 Å². The minimum Gasteiger partial charge on any atom is -0.486 e. The van der Waals surface area contributed by atoms with Crippen LogP contribution in [-0.2, 0) is 25.0 Å². The molecule has 0 radical (unpaired) electrons. The number of carbonyl (C=O) groups is 1. The van der Waals surface area contributed by atoms with Crippen LogP contribution < -0.4 is 19.1 Å². The summed E-state index contributed by atoms with van der Waals surface area (Å²) in [6.45, 7) is 2.17. The monoisotopic (exact) mass is 460 g/mol. The number of nitrogens with one attached hydrogen (secondary N) is 1. The first-order valence-electron chi connectivity index (χ1n) is 10.6. The van der Waals surface area contributed by atoms with Crippen LogP contribution in [0.3, 0.4) is 0 Å². The van der Waals surface area contributed by atoms with E-state index in [4.69, 9.17) is 14.2 Å². The molecule has 0 spiro atoms. The van der Waals surface area contributed by atoms with Crippen molar-refractivity contribution in [3.8, 4) is 11.5 Å². The summed E-state index contributed by atoms with van der Waals surface area (Å²) in [7, 11) is -3.69. The van der Waals surface area contributed by atoms with Crippen molar-refractivity contribution in [3.05, 3.63) is 54.1 Å². The van der Waals surface area contributed by atoms with Gasteiger partial charge in [-0.2, -0.15) is 0 Å². The quantitative estimate of drug-likeness (QED) is 0.680. The van der Waals surface area contributed by atoms with Crippen LogP contribution in [-0.4, -0.2) is 60.1 Å². The van der Waals surface area contributed by atoms with E-state index in [1.165, 1.54) is 0 Å². The van der Waals surface area contributed by atoms with E-state index in [2.05, 4.69) is 17.4 Å². The van der Waals surface area contributed by atoms with Gasteiger partial charge < -0.3 is 19.5 Å². The van der Waals surface area contributed by atoms with Gasteiger partial charge >= 0.3 is 0 Å². The molecule has 2 aliphatic heterocycles. The lowest BCUT2D eigenvalue weighted by Gasteiger charge is -2.38. The summed E-state index contributed by atoms with van der Waals surface area (Å²) in [4.78, 5) is 12.9. The lowest BCUT2D eigenvalue weighted by atomic mass is 9.74. The highest BCUT2D eigenvalue weighted by Gasteiger charge is 2.35. The van der Waals surface area contributed by atoms with Gasteiger partial charge in [0.2, 0.25) is 15.9 Å². The number of benzene rings is 2. The number of fused-ring (bicyclic) bond motifs is 1. The Morgan fingerprint density at radius 3 is 2.38 bits per heavy atom. The Morgan fingerprint density at radius 2 is 1.69 bits per heavy atom. The molecule has 0 unspecified atom stereocenters. The molecule has 2 heterocycles. The van der Waals surface area contributed by atoms with Crippen molar-refractivity contribution in [2.24, 2.45) is 0 Å². The molecule has 2 aromatic rings. The van der Waals surface area contributed by atoms with Crippen molar-refractivity contribution in [3.63, 3.8) is 0 Å². The molecule has 0 atom stereocenters. The fourth-order valence-electron chi connectivity index (χ4n) is 4.16. The highest BCUT2D eigenvalue weighted by atomic mass is 32.2. The van der Waals surface area contributed by atoms with E-state index in [-0.39, 0.29) is 17.9 Å². The summed E-state index contributed by atoms with van der Waals surface area (Å²) in [5, 5.41) is 2.97. The number of rotatable bonds is 7. The number of hydrogen-bond acceptors (Lipinski definition) is 6. The second kappa shape index (κ2) is 9.38. The first-order chi connectivity index (χ1) is 15.4. The zero-order valence-corrected chi connectivity index (χ0v) is 18.9. The van der Waals surface area contributed by atoms with Gasteiger partial charge in [-0.1, -0.05) is 30.3 Å². The molecule has 0 bridgehead atoms. The average molecular weight is 461 g/mol. The van der Waals surface area contributed by atoms with Crippen LogP contribution in [0, 0.1) is 0 Å². The number of carbonyl (C=O) groups excluding carboxylic acids is 1. The molecule has 172 valence electrons. The Morgan fingerprint density at radius 1 is 1.00 bits per heavy atom. The molecule has 0 saturated carbocycles. The second-order valence-corrected chi connectivity index (χ2v) is 10.0. The topological polar surface area (TPSA) is 94.2 Å². The van der Waals surface area contributed by atoms with Crippen LogP contribution in [0.2, 0.25) is 0 Å². The van der Waals surface area contributed by atoms with Gasteiger partial charge in [-0.3, -0.25) is 9.10 Å². The molecule has 1 amide bonds. The summed E-state index contributed by atoms with van der Waals surface area (Å²) in [5.74, 6) is 0.655. The standard InChI is InChI=1S/C23H28N2O6S/c1-32(27,28)25(19-7-8-20-21(15-19)31-14-13-30-20)16-22(26)24-17-23(9-11-29-12-10-23)18-5-3-2-4-6-18/h2-8,15H,9-14,16-17H2,1H3,(H,24,26). The molecule has 0 aliphatic carbocycles. The predicted octanol–water partition coefficient (Wildman–Crippen LogP) is 2.09. The molecular formula is C23H28N2O6S. The van der Waals surface area contributed by atoms with Crippen molar-refractivity contribution in [2.45, 2.75) is 18.3 Å². The zero-order chi connectivity index (χ0) is 22.6. The normalized spacial score (nSPS) is 17.4. The summed E-state index contributed by atoms with van der Waals surface area (Å²) in [6.07, 6.45) is 2.66. The predicted molar refractivity (Wildman–Crippen MR) is 121 cm³/mol. The number of amides is 1. The Labute approximate surface area is 188 Å². The van der Waals surface area contributed by atoms with Gasteiger partial charge in [0.15, 0.2) is 11.5 Å². The maximum absolute atomic E-state index is 12.9. The lowest BCUT2D eigenvalue weighted by Crippen LogP contribution is -2.47. The van der Waals surface area contributed by atoms with E-state index in [1.807, 2.05) is 18.2 Å². The highest BCUT2D eigenvalue weighted by Crippen LogP contribution is 2.35. The average Bonchev–Trinajstić information content (AvgIpc) is 2.81. The largest absolute Gasteiger partial charge is 0.486 e. The van der Waals surface area contributed by atoms with Gasteiger partial charge in [-0.25, -0.2) is 8.42 Å². The molecule has 1 N–H and O–H groups in total. The summed E-state index contributed by atoms with van der Waals surface area (Å²) in [6, 6.07) is 14.9. The fourth-order valence-corrected chi connectivity index (χ4v) is 5.01. The number of ether oxygens (including phenoxy) is 3. The Hall–Kier alpha value is -2.78. The SMILES string of the molecule is CS(=O)(=O)N(CC(=O)NCC1(c2ccccc2)CCOCC1)c1ccc2c(c1)OCCO2. The maximum atomic E-state index is 12.9. The van der Waals surface area contributed by atoms with Crippen LogP contribution in [0.25, 0.3) is 0 Å². The van der Waals surface area contributed by atoms with Crippen molar-refractivity contribution < 1.29 is 27.4 Å². The van der Waals surface area contributed by atoms with Crippen LogP contribution in [0.4, 0.5) is 5.69 Å². The molecule has 9 heteroatoms. The number of nitrogens with zero attached hydrogens (tertiary/aromatic N) is 1. The first-order valence-corrected chi connectivity index (χ1v) is 12.5. The third-order valence-corrected chi connectivity index (χ3v) is 7.10. The van der Waals surface area contributed by atoms with Gasteiger partial charge in [0.1, 0.15) is 19.8 Å². The van der Waals surface area contributed by atoms with E-state index in [0.29, 0.717) is 50.2 Å². The lowest BCUT2D eigenvalue weighted by molar-refractivity contribution is -0.120. The van der Waals surface area contributed by atoms with E-state index in [9.17, 15) is 13.2 Å². The van der Waals surface area contributed by atoms with Gasteiger partial charge in [0.05, 0.1) is 11.9 Å². The van der Waals surface area contributed by atoms with E-state index < -0.39 is 10.0 Å². The second-order valence-electron chi connectivity index (χ2n) is 8.13. The molecule has 32 heavy (non-hydrogen) atoms. The van der Waals surface area contributed by atoms with Crippen LogP contribution in [0.15, 0.2) is 48.5 Å². The molecule has 4 rings (SSSR count). The molecule has 0 aromatic heterocycles. The van der Waals surface area contributed by atoms with Crippen LogP contribution in [0.5, 0.6) is 11.5 Å². The highest BCUT2D eigenvalue weighted by molar-refractivity contribution is 7.92. The molecular weight excluding hydrogens is 432 g/mol. The Kier molecular flexibility index (Phi) is 6.57. The van der Waals surface area contributed by atoms with Gasteiger partial charge in [0, 0.05) is 31.2 Å². The van der Waals surface area contributed by atoms with Crippen molar-refractivity contribution >= 4 is 21.6 Å². The van der Waals surface area contributed by atoms with Gasteiger partial charge in [-0.05, 0) is 30.5 Å². The molecule has 8 nitrogen and oxygen atoms in total. The Bertz CT molecular complexity index is 1050. The van der Waals surface area contributed by atoms with E-state index in [0.717, 1.165) is 29.0 Å². The minimum absolute atomic E-state index is 0.234. The molecule has 1 fully saturated rings. The van der Waals surface area contributed by atoms with Crippen LogP contribution >= 0.6 is 0 Å². The summed E-state index contributed by atoms with van der Waals surface area (Å²) < 4.78 is 42.7. The smallest absolute Gasteiger partial charge is 0.240 e. The van der Waals surface area contributed by atoms with Crippen LogP contribution in [0.1, 0.15) is 18.4 Å². The van der Waals surface area contributed by atoms with Gasteiger partial charge in [0.25, 0.3) is 0 Å². The maximum Gasteiger partial charge on any atom is 0.240 e. The number of sulfonamides is 1. The summed E-state index contributed by atoms with van der Waals surface area (Å²) >= 11 is 0. The van der Waals surface area contributed by atoms with E-state index in [1.54, 1.807) is 18.2 Å². The third-order valence-electron chi connectivity index (χ3n) is 5.96.